The van der Waals surface area contributed by atoms with Gasteiger partial charge in [0, 0.05) is 56.4 Å². The second-order valence-electron chi connectivity index (χ2n) is 22.3. The fourth-order valence-corrected chi connectivity index (χ4v) is 11.3. The highest BCUT2D eigenvalue weighted by atomic mass is 19.1. The Morgan fingerprint density at radius 3 is 2.29 bits per heavy atom. The number of aliphatic hydroxyl groups is 5. The lowest BCUT2D eigenvalue weighted by atomic mass is 9.77. The van der Waals surface area contributed by atoms with E-state index in [1.54, 1.807) is 66.8 Å². The van der Waals surface area contributed by atoms with Crippen LogP contribution in [0.4, 0.5) is 10.1 Å². The second-order valence-corrected chi connectivity index (χ2v) is 22.3. The van der Waals surface area contributed by atoms with E-state index >= 15 is 0 Å². The minimum Gasteiger partial charge on any atom is -0.459 e. The molecule has 3 saturated heterocycles. The lowest BCUT2D eigenvalue weighted by molar-refractivity contribution is -0.384. The van der Waals surface area contributed by atoms with E-state index in [1.807, 2.05) is 32.8 Å². The number of carbonyl (C=O) groups is 1. The third kappa shape index (κ3) is 14.8. The summed E-state index contributed by atoms with van der Waals surface area (Å²) in [6, 6.07) is 4.39. The summed E-state index contributed by atoms with van der Waals surface area (Å²) in [5.41, 5.74) is -3.17. The zero-order valence-electron chi connectivity index (χ0n) is 45.4. The first-order valence-electron chi connectivity index (χ1n) is 26.1. The van der Waals surface area contributed by atoms with Crippen molar-refractivity contribution >= 4 is 11.7 Å². The maximum atomic E-state index is 14.5. The van der Waals surface area contributed by atoms with Crippen LogP contribution in [0.5, 0.6) is 0 Å². The maximum absolute atomic E-state index is 14.5. The number of non-ortho nitro benzene ring substituents is 1. The molecule has 0 aliphatic carbocycles. The Morgan fingerprint density at radius 1 is 1.00 bits per heavy atom. The number of likely N-dealkylation sites (N-methyl/N-ethyl adjacent to an activating group) is 2. The van der Waals surface area contributed by atoms with E-state index in [0.717, 1.165) is 18.4 Å². The van der Waals surface area contributed by atoms with Gasteiger partial charge in [-0.05, 0) is 126 Å². The van der Waals surface area contributed by atoms with Crippen molar-refractivity contribution in [3.05, 3.63) is 51.8 Å². The topological polar surface area (TPSA) is 254 Å². The van der Waals surface area contributed by atoms with Gasteiger partial charge in [0.1, 0.15) is 36.7 Å². The molecule has 3 fully saturated rings. The second kappa shape index (κ2) is 25.7. The van der Waals surface area contributed by atoms with Gasteiger partial charge in [0.25, 0.3) is 5.69 Å². The smallest absolute Gasteiger partial charge is 0.311 e. The number of ether oxygens (including phenoxy) is 6. The van der Waals surface area contributed by atoms with E-state index in [1.165, 1.54) is 30.8 Å². The Balaban J connectivity index is 1.37. The summed E-state index contributed by atoms with van der Waals surface area (Å²) in [7, 11) is 5.25. The number of nitrogens with zero attached hydrogens (tertiary/aromatic N) is 6. The summed E-state index contributed by atoms with van der Waals surface area (Å²) in [6.07, 6.45) is -5.20. The largest absolute Gasteiger partial charge is 0.459 e. The van der Waals surface area contributed by atoms with Gasteiger partial charge in [-0.2, -0.15) is 0 Å². The van der Waals surface area contributed by atoms with Crippen LogP contribution < -0.4 is 0 Å². The number of nitro groups is 1. The number of aromatic nitrogens is 3. The number of esters is 1. The fraction of sp³-hybridized carbons (Fsp3) is 0.827. The summed E-state index contributed by atoms with van der Waals surface area (Å²) >= 11 is 0. The Bertz CT molecular complexity index is 2050. The highest BCUT2D eigenvalue weighted by Gasteiger charge is 2.53. The van der Waals surface area contributed by atoms with E-state index < -0.39 is 120 Å². The monoisotopic (exact) mass is 1040 g/mol. The predicted octanol–water partition coefficient (Wildman–Crippen LogP) is 4.55. The van der Waals surface area contributed by atoms with Crippen LogP contribution in [0.15, 0.2) is 30.5 Å². The van der Waals surface area contributed by atoms with Crippen molar-refractivity contribution in [2.24, 2.45) is 17.8 Å². The van der Waals surface area contributed by atoms with Gasteiger partial charge in [0.2, 0.25) is 0 Å². The van der Waals surface area contributed by atoms with Crippen LogP contribution in [0.1, 0.15) is 125 Å². The first kappa shape index (κ1) is 60.5. The van der Waals surface area contributed by atoms with Crippen molar-refractivity contribution in [3.63, 3.8) is 0 Å². The van der Waals surface area contributed by atoms with Gasteiger partial charge in [0.15, 0.2) is 12.6 Å². The highest BCUT2D eigenvalue weighted by Crippen LogP contribution is 2.40. The number of hydrogen-bond acceptors (Lipinski definition) is 18. The lowest BCUT2D eigenvalue weighted by Gasteiger charge is -2.49. The molecule has 0 bridgehead atoms. The predicted molar refractivity (Wildman–Crippen MR) is 268 cm³/mol. The number of nitro benzene ring substituents is 1. The van der Waals surface area contributed by atoms with Crippen LogP contribution in [-0.2, 0) is 46.1 Å². The summed E-state index contributed by atoms with van der Waals surface area (Å²) in [5, 5.41) is 79.1. The Labute approximate surface area is 430 Å². The average molecular weight is 1040 g/mol. The summed E-state index contributed by atoms with van der Waals surface area (Å²) in [5.74, 6) is -2.84. The van der Waals surface area contributed by atoms with Crippen molar-refractivity contribution in [1.29, 1.82) is 0 Å². The molecule has 0 saturated carbocycles. The van der Waals surface area contributed by atoms with Crippen molar-refractivity contribution in [1.82, 2.24) is 24.8 Å². The number of unbranched alkanes of at least 4 members (excludes halogenated alkanes) is 1. The number of halogens is 1. The van der Waals surface area contributed by atoms with Crippen LogP contribution in [0.2, 0.25) is 0 Å². The normalized spacial score (nSPS) is 39.1. The Kier molecular flexibility index (Phi) is 21.3. The average Bonchev–Trinajstić information content (AvgIpc) is 3.81. The third-order valence-electron chi connectivity index (χ3n) is 16.0. The molecule has 3 aliphatic rings. The van der Waals surface area contributed by atoms with Crippen molar-refractivity contribution in [2.75, 3.05) is 41.0 Å². The summed E-state index contributed by atoms with van der Waals surface area (Å²) < 4.78 is 53.9. The fourth-order valence-electron chi connectivity index (χ4n) is 11.3. The standard InChI is InChI=1S/C52H87FN6O14/c1-14-41-52(10,65)45(61)34(6)57(12)28-30(2)25-50(8,64)47(32(4)44(33(5)48(63)71-41)72-42-26-51(9,68-13)46(62)35(7)70-42)73-49-43(60)40(23-31(3)69-49)56(11)22-16-15-17-37-29-58(55-54-37)39(27-53)24-36-18-20-38(21-19-36)59(66)67/h18-21,29-35,39-47,49,60-62,64-65H,14-17,22-28H2,1-13H3/t30-,31-,32+,33-,34-,35+,39+,40+,41-,42+,43-,44+,45-,46+,47-,49+,50-,51-,52-/m1/s1. The van der Waals surface area contributed by atoms with Crippen molar-refractivity contribution in [3.8, 4) is 0 Å². The van der Waals surface area contributed by atoms with Crippen molar-refractivity contribution in [2.45, 2.75) is 217 Å². The summed E-state index contributed by atoms with van der Waals surface area (Å²) in [4.78, 5) is 29.0. The SMILES string of the molecule is CC[C@H]1OC(=O)[C@H](C)[C@@H](O[C@H]2C[C@@](C)(OC)[C@@H](O)[C@H](C)O2)[C@H](C)[C@@H](O[C@@H]2O[C@H](C)C[C@H](N(C)CCCCc3cn([C@H](CF)Cc4ccc([N+](=O)[O-])cc4)nn3)[C@H]2O)[C@](C)(O)C[C@@H](C)CN(C)[C@H](C)[C@@H](O)[C@]1(C)O. The molecular weight excluding hydrogens is 952 g/mol. The molecular formula is C52H87FN6O14. The number of benzene rings is 1. The Hall–Kier alpha value is -3.32. The molecule has 416 valence electrons. The van der Waals surface area contributed by atoms with Gasteiger partial charge in [0.05, 0.1) is 58.2 Å². The number of hydrogen-bond donors (Lipinski definition) is 5. The van der Waals surface area contributed by atoms with Crippen LogP contribution >= 0.6 is 0 Å². The first-order chi connectivity index (χ1) is 34.2. The number of cyclic esters (lactones) is 1. The number of aliphatic hydroxyl groups excluding tert-OH is 3. The van der Waals surface area contributed by atoms with Gasteiger partial charge < -0.3 is 63.8 Å². The van der Waals surface area contributed by atoms with Crippen molar-refractivity contribution < 1.29 is 68.1 Å². The van der Waals surface area contributed by atoms with Gasteiger partial charge in [-0.15, -0.1) is 5.10 Å². The maximum Gasteiger partial charge on any atom is 0.311 e. The summed E-state index contributed by atoms with van der Waals surface area (Å²) in [6.45, 7) is 17.7. The molecule has 3 aliphatic heterocycles. The van der Waals surface area contributed by atoms with Crippen LogP contribution in [0, 0.1) is 27.9 Å². The van der Waals surface area contributed by atoms with E-state index in [-0.39, 0.29) is 37.0 Å². The molecule has 1 aromatic carbocycles. The quantitative estimate of drug-likeness (QED) is 0.0631. The zero-order chi connectivity index (χ0) is 54.3. The minimum absolute atomic E-state index is 0.0370. The highest BCUT2D eigenvalue weighted by molar-refractivity contribution is 5.73. The number of rotatable bonds is 17. The molecule has 0 spiro atoms. The van der Waals surface area contributed by atoms with Gasteiger partial charge in [-0.1, -0.05) is 38.1 Å². The van der Waals surface area contributed by atoms with E-state index in [0.29, 0.717) is 38.0 Å². The number of methoxy groups -OCH3 is 1. The molecule has 20 nitrogen and oxygen atoms in total. The molecule has 5 rings (SSSR count). The van der Waals surface area contributed by atoms with E-state index in [2.05, 4.69) is 15.2 Å². The number of aryl methyl sites for hydroxylation is 1. The van der Waals surface area contributed by atoms with Gasteiger partial charge in [-0.3, -0.25) is 14.9 Å². The molecule has 1 aromatic heterocycles. The zero-order valence-corrected chi connectivity index (χ0v) is 45.4. The molecule has 4 heterocycles. The Morgan fingerprint density at radius 2 is 1.67 bits per heavy atom. The number of alkyl halides is 1. The molecule has 73 heavy (non-hydrogen) atoms. The molecule has 21 heteroatoms. The molecule has 0 radical (unpaired) electrons. The lowest BCUT2D eigenvalue weighted by Crippen LogP contribution is -2.60. The molecule has 0 unspecified atom stereocenters. The van der Waals surface area contributed by atoms with Gasteiger partial charge in [-0.25, -0.2) is 9.07 Å². The molecule has 5 N–H and O–H groups in total. The number of carbonyl (C=O) groups excluding carboxylic acids is 1. The van der Waals surface area contributed by atoms with E-state index in [9.17, 15) is 44.8 Å². The van der Waals surface area contributed by atoms with Crippen LogP contribution in [-0.4, -0.2) is 192 Å². The van der Waals surface area contributed by atoms with Crippen LogP contribution in [0.3, 0.4) is 0 Å². The minimum atomic E-state index is -1.85. The molecule has 0 amide bonds. The first-order valence-corrected chi connectivity index (χ1v) is 26.1. The molecule has 19 atom stereocenters. The van der Waals surface area contributed by atoms with Gasteiger partial charge >= 0.3 is 5.97 Å². The van der Waals surface area contributed by atoms with E-state index in [4.69, 9.17) is 28.4 Å². The molecule has 2 aromatic rings. The van der Waals surface area contributed by atoms with Crippen LogP contribution in [0.25, 0.3) is 0 Å². The third-order valence-corrected chi connectivity index (χ3v) is 16.0.